The number of hydrogen-bond acceptors (Lipinski definition) is 3. The second-order valence-electron chi connectivity index (χ2n) is 7.03. The van der Waals surface area contributed by atoms with Crippen molar-refractivity contribution in [1.29, 1.82) is 0 Å². The third-order valence-corrected chi connectivity index (χ3v) is 5.31. The average molecular weight is 381 g/mol. The van der Waals surface area contributed by atoms with Crippen LogP contribution >= 0.6 is 0 Å². The van der Waals surface area contributed by atoms with Crippen LogP contribution in [-0.2, 0) is 7.05 Å². The molecule has 0 atom stereocenters. The predicted molar refractivity (Wildman–Crippen MR) is 106 cm³/mol. The maximum absolute atomic E-state index is 13.4. The number of benzene rings is 1. The first-order valence-electron chi connectivity index (χ1n) is 9.56. The number of amides is 1. The summed E-state index contributed by atoms with van der Waals surface area (Å²) in [6.45, 7) is 6.26. The Morgan fingerprint density at radius 3 is 2.43 bits per heavy atom. The molecule has 0 bridgehead atoms. The maximum Gasteiger partial charge on any atom is 0.272 e. The normalized spacial score (nSPS) is 15.2. The van der Waals surface area contributed by atoms with Crippen LogP contribution in [0.2, 0.25) is 0 Å². The summed E-state index contributed by atoms with van der Waals surface area (Å²) in [7, 11) is 1.94. The van der Waals surface area contributed by atoms with Crippen molar-refractivity contribution >= 4 is 5.91 Å². The number of aromatic nitrogens is 3. The van der Waals surface area contributed by atoms with Gasteiger partial charge in [0.2, 0.25) is 0 Å². The Hall–Kier alpha value is -2.93. The minimum atomic E-state index is -0.317. The van der Waals surface area contributed by atoms with Crippen LogP contribution in [0, 0.1) is 5.82 Å². The fraction of sp³-hybridized carbons (Fsp3) is 0.333. The van der Waals surface area contributed by atoms with Crippen molar-refractivity contribution in [2.75, 3.05) is 32.7 Å². The van der Waals surface area contributed by atoms with E-state index < -0.39 is 0 Å². The molecule has 0 radical (unpaired) electrons. The van der Waals surface area contributed by atoms with Gasteiger partial charge in [0.1, 0.15) is 17.2 Å². The van der Waals surface area contributed by atoms with E-state index in [1.165, 1.54) is 12.1 Å². The molecule has 1 amide bonds. The van der Waals surface area contributed by atoms with Crippen molar-refractivity contribution in [2.24, 2.45) is 7.05 Å². The lowest BCUT2D eigenvalue weighted by Gasteiger charge is -2.34. The van der Waals surface area contributed by atoms with Gasteiger partial charge in [-0.2, -0.15) is 5.10 Å². The van der Waals surface area contributed by atoms with Crippen LogP contribution in [0.15, 0.2) is 48.7 Å². The molecule has 0 spiro atoms. The summed E-state index contributed by atoms with van der Waals surface area (Å²) in [5.41, 5.74) is 2.79. The van der Waals surface area contributed by atoms with E-state index in [-0.39, 0.29) is 11.7 Å². The van der Waals surface area contributed by atoms with E-state index in [1.54, 1.807) is 16.8 Å². The largest absolute Gasteiger partial charge is 0.349 e. The molecule has 146 valence electrons. The Kier molecular flexibility index (Phi) is 5.00. The number of aryl methyl sites for hydroxylation is 1. The fourth-order valence-electron chi connectivity index (χ4n) is 3.59. The third-order valence-electron chi connectivity index (χ3n) is 5.31. The predicted octanol–water partition coefficient (Wildman–Crippen LogP) is 2.79. The quantitative estimate of drug-likeness (QED) is 0.698. The molecule has 0 N–H and O–H groups in total. The summed E-state index contributed by atoms with van der Waals surface area (Å²) in [4.78, 5) is 17.5. The van der Waals surface area contributed by atoms with E-state index in [1.807, 2.05) is 40.9 Å². The molecule has 1 aromatic carbocycles. The highest BCUT2D eigenvalue weighted by molar-refractivity contribution is 5.94. The molecule has 2 aromatic heterocycles. The number of rotatable bonds is 4. The average Bonchev–Trinajstić information content (AvgIpc) is 3.34. The van der Waals surface area contributed by atoms with Crippen LogP contribution in [0.5, 0.6) is 0 Å². The Bertz CT molecular complexity index is 967. The van der Waals surface area contributed by atoms with Crippen molar-refractivity contribution in [3.05, 3.63) is 60.2 Å². The third kappa shape index (κ3) is 3.45. The van der Waals surface area contributed by atoms with E-state index in [9.17, 15) is 9.18 Å². The zero-order valence-corrected chi connectivity index (χ0v) is 16.2. The van der Waals surface area contributed by atoms with Gasteiger partial charge in [0.05, 0.1) is 11.4 Å². The lowest BCUT2D eigenvalue weighted by Crippen LogP contribution is -2.48. The number of likely N-dealkylation sites (N-methyl/N-ethyl adjacent to an activating group) is 1. The highest BCUT2D eigenvalue weighted by Crippen LogP contribution is 2.23. The smallest absolute Gasteiger partial charge is 0.272 e. The van der Waals surface area contributed by atoms with Gasteiger partial charge in [-0.25, -0.2) is 9.07 Å². The lowest BCUT2D eigenvalue weighted by molar-refractivity contribution is 0.0634. The molecule has 7 heteroatoms. The topological polar surface area (TPSA) is 46.3 Å². The molecule has 1 saturated heterocycles. The Morgan fingerprint density at radius 2 is 1.82 bits per heavy atom. The van der Waals surface area contributed by atoms with Crippen LogP contribution in [0.25, 0.3) is 17.1 Å². The van der Waals surface area contributed by atoms with Crippen LogP contribution in [0.1, 0.15) is 17.4 Å². The van der Waals surface area contributed by atoms with E-state index in [2.05, 4.69) is 16.9 Å². The zero-order valence-electron chi connectivity index (χ0n) is 16.2. The summed E-state index contributed by atoms with van der Waals surface area (Å²) < 4.78 is 17.0. The van der Waals surface area contributed by atoms with E-state index in [0.29, 0.717) is 30.2 Å². The fourth-order valence-corrected chi connectivity index (χ4v) is 3.59. The van der Waals surface area contributed by atoms with Crippen molar-refractivity contribution in [2.45, 2.75) is 6.92 Å². The van der Waals surface area contributed by atoms with Crippen LogP contribution in [0.4, 0.5) is 4.39 Å². The highest BCUT2D eigenvalue weighted by atomic mass is 19.1. The molecule has 6 nitrogen and oxygen atoms in total. The number of hydrogen-bond donors (Lipinski definition) is 0. The number of piperazine rings is 1. The second-order valence-corrected chi connectivity index (χ2v) is 7.03. The highest BCUT2D eigenvalue weighted by Gasteiger charge is 2.26. The summed E-state index contributed by atoms with van der Waals surface area (Å²) >= 11 is 0. The number of nitrogens with zero attached hydrogens (tertiary/aromatic N) is 5. The number of carbonyl (C=O) groups is 1. The maximum atomic E-state index is 13.4. The van der Waals surface area contributed by atoms with Gasteiger partial charge in [-0.15, -0.1) is 0 Å². The molecule has 1 fully saturated rings. The van der Waals surface area contributed by atoms with E-state index in [0.717, 1.165) is 25.3 Å². The zero-order chi connectivity index (χ0) is 19.7. The lowest BCUT2D eigenvalue weighted by atomic mass is 10.2. The monoisotopic (exact) mass is 381 g/mol. The standard InChI is InChI=1S/C21H24FN5O/c1-3-25-11-13-26(14-12-25)21(28)20-15-18(19-5-4-10-24(19)2)23-27(20)17-8-6-16(22)7-9-17/h4-10,15H,3,11-14H2,1-2H3. The van der Waals surface area contributed by atoms with Crippen molar-refractivity contribution in [3.63, 3.8) is 0 Å². The molecule has 1 aliphatic rings. The van der Waals surface area contributed by atoms with Gasteiger partial charge in [0.15, 0.2) is 0 Å². The van der Waals surface area contributed by atoms with Crippen LogP contribution in [-0.4, -0.2) is 62.8 Å². The van der Waals surface area contributed by atoms with Gasteiger partial charge < -0.3 is 14.4 Å². The van der Waals surface area contributed by atoms with E-state index >= 15 is 0 Å². The van der Waals surface area contributed by atoms with Gasteiger partial charge in [-0.05, 0) is 49.0 Å². The van der Waals surface area contributed by atoms with Crippen LogP contribution in [0.3, 0.4) is 0 Å². The first-order valence-corrected chi connectivity index (χ1v) is 9.56. The molecule has 28 heavy (non-hydrogen) atoms. The minimum absolute atomic E-state index is 0.0481. The van der Waals surface area contributed by atoms with E-state index in [4.69, 9.17) is 0 Å². The first kappa shape index (κ1) is 18.4. The summed E-state index contributed by atoms with van der Waals surface area (Å²) in [5.74, 6) is -0.366. The Morgan fingerprint density at radius 1 is 1.11 bits per heavy atom. The van der Waals surface area contributed by atoms with Crippen molar-refractivity contribution in [1.82, 2.24) is 24.1 Å². The summed E-state index contributed by atoms with van der Waals surface area (Å²) in [6.07, 6.45) is 1.94. The molecule has 3 heterocycles. The number of halogens is 1. The Balaban J connectivity index is 1.72. The molecule has 0 saturated carbocycles. The molecule has 1 aliphatic heterocycles. The van der Waals surface area contributed by atoms with Gasteiger partial charge in [0, 0.05) is 39.4 Å². The Labute approximate surface area is 163 Å². The van der Waals surface area contributed by atoms with Gasteiger partial charge in [-0.1, -0.05) is 6.92 Å². The SMILES string of the molecule is CCN1CCN(C(=O)c2cc(-c3cccn3C)nn2-c2ccc(F)cc2)CC1. The van der Waals surface area contributed by atoms with Gasteiger partial charge in [-0.3, -0.25) is 4.79 Å². The van der Waals surface area contributed by atoms with Gasteiger partial charge in [0.25, 0.3) is 5.91 Å². The van der Waals surface area contributed by atoms with Crippen molar-refractivity contribution < 1.29 is 9.18 Å². The van der Waals surface area contributed by atoms with Crippen LogP contribution < -0.4 is 0 Å². The first-order chi connectivity index (χ1) is 13.6. The summed E-state index contributed by atoms with van der Waals surface area (Å²) in [5, 5.41) is 4.68. The second kappa shape index (κ2) is 7.59. The molecular weight excluding hydrogens is 357 g/mol. The van der Waals surface area contributed by atoms with Gasteiger partial charge >= 0.3 is 0 Å². The molecule has 0 unspecified atom stereocenters. The minimum Gasteiger partial charge on any atom is -0.349 e. The molecular formula is C21H24FN5O. The number of carbonyl (C=O) groups excluding carboxylic acids is 1. The summed E-state index contributed by atoms with van der Waals surface area (Å²) in [6, 6.07) is 11.8. The molecule has 4 rings (SSSR count). The molecule has 3 aromatic rings. The van der Waals surface area contributed by atoms with Crippen molar-refractivity contribution in [3.8, 4) is 17.1 Å². The molecule has 0 aliphatic carbocycles.